The number of hydrogen-bond acceptors (Lipinski definition) is 13. The molecule has 6 rings (SSSR count). The lowest BCUT2D eigenvalue weighted by molar-refractivity contribution is 0.471. The van der Waals surface area contributed by atoms with E-state index in [0.29, 0.717) is 17.2 Å². The van der Waals surface area contributed by atoms with Crippen molar-refractivity contribution in [3.05, 3.63) is 111 Å². The van der Waals surface area contributed by atoms with Crippen molar-refractivity contribution in [2.24, 2.45) is 32.3 Å². The van der Waals surface area contributed by atoms with E-state index in [9.17, 15) is 49.1 Å². The van der Waals surface area contributed by atoms with Gasteiger partial charge in [0.05, 0.1) is 27.1 Å². The minimum absolute atomic E-state index is 0.00637. The van der Waals surface area contributed by atoms with E-state index < -0.39 is 68.2 Å². The largest absolute Gasteiger partial charge is 0.506 e. The van der Waals surface area contributed by atoms with Crippen molar-refractivity contribution in [3.63, 3.8) is 0 Å². The maximum absolute atomic E-state index is 12.4. The molecular weight excluding hydrogens is 763 g/mol. The Hall–Kier alpha value is -5.75. The number of anilines is 1. The molecule has 16 nitrogen and oxygen atoms in total. The number of hydrogen-bond donors (Lipinski definition) is 6. The molecule has 0 aromatic heterocycles. The molecule has 3 aliphatic carbocycles. The highest BCUT2D eigenvalue weighted by Crippen LogP contribution is 2.44. The average molecular weight is 792 g/mol. The van der Waals surface area contributed by atoms with Crippen LogP contribution in [0.5, 0.6) is 11.5 Å². The molecule has 0 aliphatic heterocycles. The van der Waals surface area contributed by atoms with Crippen LogP contribution in [0.25, 0.3) is 10.8 Å². The lowest BCUT2D eigenvalue weighted by Gasteiger charge is -2.20. The van der Waals surface area contributed by atoms with Gasteiger partial charge in [0.1, 0.15) is 22.0 Å². The molecule has 0 saturated heterocycles. The topological polar surface area (TPSA) is 265 Å². The Kier molecular flexibility index (Phi) is 10.0. The van der Waals surface area contributed by atoms with Crippen LogP contribution in [0.15, 0.2) is 131 Å². The molecule has 0 radical (unpaired) electrons. The molecule has 0 spiro atoms. The highest BCUT2D eigenvalue weighted by atomic mass is 32.2. The quantitative estimate of drug-likeness (QED) is 0.0714. The number of benzene rings is 3. The standard InChI is InChI=1S/C35H29N5O11S3/c1-19-6-5-7-22(12-19)36-23-10-11-25-21(14-23)15-33(54(49,50)51)34(35(25)42)40-39-29-13-20(2)28(18-30(29)41)38-37-24-16-27-26(32(17-24)53(46,47)48)8-3-4-9-31(27)52(43,44)45/h4-7,9-11,13-19,26,36,41-42H,12H2,1-2H3,(H,43,44,45)(H,46,47,48)(H,49,50,51). The Morgan fingerprint density at radius 1 is 0.852 bits per heavy atom. The van der Waals surface area contributed by atoms with Gasteiger partial charge in [-0.15, -0.1) is 10.2 Å². The molecule has 2 unspecified atom stereocenters. The summed E-state index contributed by atoms with van der Waals surface area (Å²) in [6, 6.07) is 8.32. The van der Waals surface area contributed by atoms with Crippen LogP contribution in [0.2, 0.25) is 0 Å². The van der Waals surface area contributed by atoms with Crippen molar-refractivity contribution in [1.29, 1.82) is 0 Å². The second-order valence-corrected chi connectivity index (χ2v) is 16.5. The Morgan fingerprint density at radius 2 is 1.59 bits per heavy atom. The Bertz CT molecular complexity index is 2800. The zero-order valence-corrected chi connectivity index (χ0v) is 30.5. The number of rotatable bonds is 9. The molecular formula is C35H29N5O11S3. The third-order valence-electron chi connectivity index (χ3n) is 8.33. The Balaban J connectivity index is 1.34. The molecule has 19 heteroatoms. The number of nitrogens with one attached hydrogen (secondary N) is 1. The van der Waals surface area contributed by atoms with E-state index >= 15 is 0 Å². The van der Waals surface area contributed by atoms with E-state index in [4.69, 9.17) is 0 Å². The molecule has 0 amide bonds. The number of nitrogens with zero attached hydrogens (tertiary/aromatic N) is 4. The molecule has 0 bridgehead atoms. The van der Waals surface area contributed by atoms with Gasteiger partial charge in [0, 0.05) is 22.8 Å². The molecule has 0 saturated carbocycles. The number of allylic oxidation sites excluding steroid dienone is 10. The van der Waals surface area contributed by atoms with E-state index in [2.05, 4.69) is 50.6 Å². The normalized spacial score (nSPS) is 18.9. The third kappa shape index (κ3) is 8.08. The number of aryl methyl sites for hydroxylation is 1. The van der Waals surface area contributed by atoms with Crippen LogP contribution in [0.4, 0.5) is 22.7 Å². The molecule has 0 fully saturated rings. The van der Waals surface area contributed by atoms with Crippen LogP contribution >= 0.6 is 0 Å². The smallest absolute Gasteiger partial charge is 0.296 e. The van der Waals surface area contributed by atoms with Gasteiger partial charge in [-0.2, -0.15) is 35.5 Å². The fourth-order valence-electron chi connectivity index (χ4n) is 5.81. The predicted molar refractivity (Wildman–Crippen MR) is 198 cm³/mol. The average Bonchev–Trinajstić information content (AvgIpc) is 3.30. The molecule has 2 atom stereocenters. The first-order chi connectivity index (χ1) is 25.3. The summed E-state index contributed by atoms with van der Waals surface area (Å²) in [6.45, 7) is 3.58. The number of phenols is 2. The fraction of sp³-hybridized carbons (Fsp3) is 0.143. The zero-order chi connectivity index (χ0) is 39.2. The molecule has 6 N–H and O–H groups in total. The first kappa shape index (κ1) is 38.0. The van der Waals surface area contributed by atoms with E-state index in [1.54, 1.807) is 18.2 Å². The van der Waals surface area contributed by atoms with Crippen LogP contribution < -0.4 is 5.32 Å². The molecule has 3 aliphatic rings. The molecule has 3 aromatic carbocycles. The number of aromatic hydroxyl groups is 2. The van der Waals surface area contributed by atoms with Crippen LogP contribution in [-0.4, -0.2) is 49.1 Å². The van der Waals surface area contributed by atoms with Crippen LogP contribution in [0.3, 0.4) is 0 Å². The van der Waals surface area contributed by atoms with Gasteiger partial charge < -0.3 is 15.5 Å². The first-order valence-corrected chi connectivity index (χ1v) is 20.0. The van der Waals surface area contributed by atoms with Crippen molar-refractivity contribution in [1.82, 2.24) is 0 Å². The Labute approximate surface area is 309 Å². The van der Waals surface area contributed by atoms with Crippen molar-refractivity contribution < 1.29 is 49.1 Å². The number of fused-ring (bicyclic) bond motifs is 2. The third-order valence-corrected chi connectivity index (χ3v) is 11.1. The summed E-state index contributed by atoms with van der Waals surface area (Å²) in [7, 11) is -14.8. The van der Waals surface area contributed by atoms with Crippen molar-refractivity contribution in [2.75, 3.05) is 5.32 Å². The maximum atomic E-state index is 12.4. The van der Waals surface area contributed by atoms with E-state index in [0.717, 1.165) is 48.6 Å². The summed E-state index contributed by atoms with van der Waals surface area (Å²) in [6.07, 6.45) is 10.7. The van der Waals surface area contributed by atoms with E-state index in [-0.39, 0.29) is 33.4 Å². The van der Waals surface area contributed by atoms with Gasteiger partial charge in [0.25, 0.3) is 30.4 Å². The van der Waals surface area contributed by atoms with Gasteiger partial charge in [-0.05, 0) is 96.5 Å². The van der Waals surface area contributed by atoms with Gasteiger partial charge in [-0.1, -0.05) is 30.9 Å². The predicted octanol–water partition coefficient (Wildman–Crippen LogP) is 7.20. The first-order valence-electron chi connectivity index (χ1n) is 15.7. The summed E-state index contributed by atoms with van der Waals surface area (Å²) in [5, 5.41) is 41.4. The summed E-state index contributed by atoms with van der Waals surface area (Å²) < 4.78 is 103. The second-order valence-electron chi connectivity index (χ2n) is 12.3. The van der Waals surface area contributed by atoms with Gasteiger partial charge >= 0.3 is 0 Å². The van der Waals surface area contributed by atoms with Crippen molar-refractivity contribution in [2.45, 2.75) is 25.2 Å². The summed E-state index contributed by atoms with van der Waals surface area (Å²) in [5.74, 6) is 2.67. The van der Waals surface area contributed by atoms with Crippen LogP contribution in [0, 0.1) is 30.6 Å². The van der Waals surface area contributed by atoms with Crippen LogP contribution in [0.1, 0.15) is 18.9 Å². The highest BCUT2D eigenvalue weighted by Gasteiger charge is 2.34. The van der Waals surface area contributed by atoms with Crippen molar-refractivity contribution in [3.8, 4) is 23.3 Å². The van der Waals surface area contributed by atoms with E-state index in [1.165, 1.54) is 13.0 Å². The highest BCUT2D eigenvalue weighted by molar-refractivity contribution is 7.90. The number of azo groups is 2. The summed E-state index contributed by atoms with van der Waals surface area (Å²) in [4.78, 5) is -2.15. The second kappa shape index (κ2) is 14.2. The zero-order valence-electron chi connectivity index (χ0n) is 28.1. The summed E-state index contributed by atoms with van der Waals surface area (Å²) in [5.41, 5.74) is 0.484. The van der Waals surface area contributed by atoms with Gasteiger partial charge in [-0.25, -0.2) is 0 Å². The maximum Gasteiger partial charge on any atom is 0.296 e. The lowest BCUT2D eigenvalue weighted by Crippen LogP contribution is -2.19. The van der Waals surface area contributed by atoms with Gasteiger partial charge in [0.2, 0.25) is 0 Å². The summed E-state index contributed by atoms with van der Waals surface area (Å²) >= 11 is 0. The van der Waals surface area contributed by atoms with E-state index in [1.807, 2.05) is 12.2 Å². The lowest BCUT2D eigenvalue weighted by atomic mass is 9.93. The van der Waals surface area contributed by atoms with Gasteiger partial charge in [-0.3, -0.25) is 13.7 Å². The number of phenolic OH excluding ortho intramolecular Hbond substituents is 2. The van der Waals surface area contributed by atoms with Gasteiger partial charge in [0.15, 0.2) is 5.75 Å². The SMILES string of the molecule is Cc1cc(N=Nc2c(S(=O)(=O)O)cc3cc(NC4=CC=CC(C)C4)ccc3c2O)c(O)cc1N=NC1=CC2=C(S(=O)(=O)O)C=CC#CC2C(S(=O)(=O)O)=C1. The monoisotopic (exact) mass is 791 g/mol. The van der Waals surface area contributed by atoms with Crippen LogP contribution in [-0.2, 0) is 30.4 Å². The van der Waals surface area contributed by atoms with Crippen molar-refractivity contribution >= 4 is 63.9 Å². The molecule has 54 heavy (non-hydrogen) atoms. The molecule has 3 aromatic rings. The molecule has 0 heterocycles. The fourth-order valence-corrected chi connectivity index (χ4v) is 7.93. The minimum atomic E-state index is -4.95. The minimum Gasteiger partial charge on any atom is -0.506 e. The molecule has 278 valence electrons. The Morgan fingerprint density at radius 3 is 2.28 bits per heavy atom.